The Kier molecular flexibility index (Phi) is 4.76. The molecule has 0 aliphatic rings. The molecule has 1 heterocycles. The molecule has 1 aromatic carbocycles. The number of rotatable bonds is 6. The number of hydrogen-bond acceptors (Lipinski definition) is 6. The minimum atomic E-state index is -3.99. The normalized spacial score (nSPS) is 13.0. The first-order chi connectivity index (χ1) is 10.7. The van der Waals surface area contributed by atoms with Crippen LogP contribution in [0.3, 0.4) is 0 Å². The summed E-state index contributed by atoms with van der Waals surface area (Å²) in [5.41, 5.74) is -0.517. The summed E-state index contributed by atoms with van der Waals surface area (Å²) in [5, 5.41) is 0. The highest BCUT2D eigenvalue weighted by molar-refractivity contribution is 7.85. The first kappa shape index (κ1) is 17.0. The van der Waals surface area contributed by atoms with E-state index in [1.165, 1.54) is 31.3 Å². The van der Waals surface area contributed by atoms with Gasteiger partial charge in [-0.25, -0.2) is 14.2 Å². The zero-order valence-corrected chi connectivity index (χ0v) is 13.7. The fourth-order valence-electron chi connectivity index (χ4n) is 1.70. The summed E-state index contributed by atoms with van der Waals surface area (Å²) in [7, 11) is -2.72. The van der Waals surface area contributed by atoms with Crippen molar-refractivity contribution >= 4 is 10.3 Å². The third kappa shape index (κ3) is 3.90. The van der Waals surface area contributed by atoms with Crippen LogP contribution >= 0.6 is 0 Å². The van der Waals surface area contributed by atoms with E-state index in [0.717, 1.165) is 9.31 Å². The number of nitrogens with zero attached hydrogens (tertiary/aromatic N) is 2. The fraction of sp³-hybridized carbons (Fsp3) is 0.385. The first-order valence-corrected chi connectivity index (χ1v) is 8.26. The second-order valence-corrected chi connectivity index (χ2v) is 6.27. The standard InChI is InChI=1S/C13H17N3O6S/c1-4-9(2)14-23(19,20)22-11-7-5-6-10(8-11)16-12(17)15(3)13(18)21-16/h5-9,14H,4H2,1-3H3. The van der Waals surface area contributed by atoms with Crippen LogP contribution in [0.15, 0.2) is 38.4 Å². The van der Waals surface area contributed by atoms with E-state index in [9.17, 15) is 18.0 Å². The van der Waals surface area contributed by atoms with Crippen LogP contribution in [-0.2, 0) is 17.4 Å². The molecule has 10 heteroatoms. The molecule has 2 aromatic rings. The van der Waals surface area contributed by atoms with Crippen LogP contribution in [-0.4, -0.2) is 23.8 Å². The van der Waals surface area contributed by atoms with Crippen molar-refractivity contribution in [3.63, 3.8) is 0 Å². The summed E-state index contributed by atoms with van der Waals surface area (Å²) in [6, 6.07) is 5.36. The number of benzene rings is 1. The Morgan fingerprint density at radius 2 is 2.04 bits per heavy atom. The number of hydrogen-bond donors (Lipinski definition) is 1. The molecule has 0 bridgehead atoms. The van der Waals surface area contributed by atoms with Gasteiger partial charge >= 0.3 is 21.7 Å². The van der Waals surface area contributed by atoms with Crippen LogP contribution in [0.25, 0.3) is 5.69 Å². The van der Waals surface area contributed by atoms with Crippen molar-refractivity contribution in [1.82, 2.24) is 14.0 Å². The topological polar surface area (TPSA) is 113 Å². The lowest BCUT2D eigenvalue weighted by molar-refractivity contribution is 0.312. The van der Waals surface area contributed by atoms with Crippen molar-refractivity contribution in [3.8, 4) is 11.4 Å². The molecular formula is C13H17N3O6S. The molecule has 0 radical (unpaired) electrons. The summed E-state index contributed by atoms with van der Waals surface area (Å²) in [5.74, 6) is -0.843. The quantitative estimate of drug-likeness (QED) is 0.798. The van der Waals surface area contributed by atoms with Crippen LogP contribution in [0, 0.1) is 0 Å². The Morgan fingerprint density at radius 1 is 1.35 bits per heavy atom. The van der Waals surface area contributed by atoms with Crippen molar-refractivity contribution in [2.75, 3.05) is 0 Å². The number of aromatic nitrogens is 2. The molecule has 1 aromatic heterocycles. The SMILES string of the molecule is CCC(C)NS(=O)(=O)Oc1cccc(-n2oc(=O)n(C)c2=O)c1. The zero-order valence-electron chi connectivity index (χ0n) is 12.8. The summed E-state index contributed by atoms with van der Waals surface area (Å²) < 4.78 is 37.3. The van der Waals surface area contributed by atoms with Crippen molar-refractivity contribution in [1.29, 1.82) is 0 Å². The number of nitrogens with one attached hydrogen (secondary N) is 1. The summed E-state index contributed by atoms with van der Waals surface area (Å²) in [6.07, 6.45) is 0.604. The van der Waals surface area contributed by atoms with Gasteiger partial charge in [-0.15, -0.1) is 4.74 Å². The Balaban J connectivity index is 2.32. The Morgan fingerprint density at radius 3 is 2.61 bits per heavy atom. The minimum absolute atomic E-state index is 0.0169. The second kappa shape index (κ2) is 6.42. The molecular weight excluding hydrogens is 326 g/mol. The van der Waals surface area contributed by atoms with E-state index in [0.29, 0.717) is 6.42 Å². The minimum Gasteiger partial charge on any atom is -0.371 e. The lowest BCUT2D eigenvalue weighted by atomic mass is 10.3. The van der Waals surface area contributed by atoms with Crippen molar-refractivity contribution in [2.45, 2.75) is 26.3 Å². The lowest BCUT2D eigenvalue weighted by Gasteiger charge is -2.12. The Labute approximate surface area is 132 Å². The van der Waals surface area contributed by atoms with Gasteiger partial charge in [0, 0.05) is 19.2 Å². The van der Waals surface area contributed by atoms with Crippen LogP contribution in [0.5, 0.6) is 5.75 Å². The van der Waals surface area contributed by atoms with E-state index >= 15 is 0 Å². The molecule has 2 rings (SSSR count). The molecule has 1 atom stereocenters. The lowest BCUT2D eigenvalue weighted by Crippen LogP contribution is -2.35. The molecule has 0 saturated heterocycles. The van der Waals surface area contributed by atoms with Gasteiger partial charge in [-0.1, -0.05) is 13.0 Å². The van der Waals surface area contributed by atoms with Gasteiger partial charge in [0.15, 0.2) is 0 Å². The van der Waals surface area contributed by atoms with E-state index in [4.69, 9.17) is 8.71 Å². The van der Waals surface area contributed by atoms with Crippen molar-refractivity contribution in [3.05, 3.63) is 45.3 Å². The maximum absolute atomic E-state index is 11.9. The van der Waals surface area contributed by atoms with Gasteiger partial charge in [-0.2, -0.15) is 13.1 Å². The maximum atomic E-state index is 11.9. The summed E-state index contributed by atoms with van der Waals surface area (Å²) in [6.45, 7) is 3.53. The molecule has 0 spiro atoms. The molecule has 9 nitrogen and oxygen atoms in total. The zero-order chi connectivity index (χ0) is 17.2. The average molecular weight is 343 g/mol. The first-order valence-electron chi connectivity index (χ1n) is 6.85. The highest BCUT2D eigenvalue weighted by Crippen LogP contribution is 2.17. The van der Waals surface area contributed by atoms with E-state index in [1.807, 2.05) is 6.92 Å². The van der Waals surface area contributed by atoms with Gasteiger partial charge in [0.05, 0.1) is 5.69 Å². The molecule has 1 unspecified atom stereocenters. The van der Waals surface area contributed by atoms with Gasteiger partial charge in [-0.3, -0.25) is 0 Å². The predicted octanol–water partition coefficient (Wildman–Crippen LogP) is 0.141. The van der Waals surface area contributed by atoms with Crippen molar-refractivity contribution < 1.29 is 17.1 Å². The fourth-order valence-corrected chi connectivity index (χ4v) is 2.76. The molecule has 0 amide bonds. The van der Waals surface area contributed by atoms with E-state index in [-0.39, 0.29) is 17.5 Å². The van der Waals surface area contributed by atoms with Gasteiger partial charge < -0.3 is 8.71 Å². The van der Waals surface area contributed by atoms with Crippen LogP contribution in [0.4, 0.5) is 0 Å². The van der Waals surface area contributed by atoms with E-state index < -0.39 is 21.7 Å². The largest absolute Gasteiger partial charge is 0.442 e. The van der Waals surface area contributed by atoms with Crippen LogP contribution in [0.1, 0.15) is 20.3 Å². The van der Waals surface area contributed by atoms with Crippen LogP contribution in [0.2, 0.25) is 0 Å². The Hall–Kier alpha value is -2.33. The maximum Gasteiger partial charge on any atom is 0.442 e. The molecule has 0 aliphatic carbocycles. The smallest absolute Gasteiger partial charge is 0.371 e. The Bertz CT molecular complexity index is 908. The van der Waals surface area contributed by atoms with Gasteiger partial charge in [-0.05, 0) is 25.5 Å². The molecule has 0 fully saturated rings. The van der Waals surface area contributed by atoms with Crippen molar-refractivity contribution in [2.24, 2.45) is 7.05 Å². The molecule has 0 aliphatic heterocycles. The van der Waals surface area contributed by atoms with Crippen LogP contribution < -0.4 is 20.4 Å². The summed E-state index contributed by atoms with van der Waals surface area (Å²) in [4.78, 5) is 23.2. The third-order valence-corrected chi connectivity index (χ3v) is 4.22. The molecule has 1 N–H and O–H groups in total. The van der Waals surface area contributed by atoms with E-state index in [1.54, 1.807) is 6.92 Å². The highest BCUT2D eigenvalue weighted by atomic mass is 32.2. The second-order valence-electron chi connectivity index (χ2n) is 4.96. The highest BCUT2D eigenvalue weighted by Gasteiger charge is 2.17. The van der Waals surface area contributed by atoms with E-state index in [2.05, 4.69) is 4.72 Å². The molecule has 0 saturated carbocycles. The average Bonchev–Trinajstić information content (AvgIpc) is 2.74. The predicted molar refractivity (Wildman–Crippen MR) is 82.0 cm³/mol. The third-order valence-electron chi connectivity index (χ3n) is 3.12. The monoisotopic (exact) mass is 343 g/mol. The van der Waals surface area contributed by atoms with Gasteiger partial charge in [0.25, 0.3) is 0 Å². The molecule has 23 heavy (non-hydrogen) atoms. The molecule has 126 valence electrons. The van der Waals surface area contributed by atoms with Gasteiger partial charge in [0.2, 0.25) is 0 Å². The summed E-state index contributed by atoms with van der Waals surface area (Å²) >= 11 is 0. The van der Waals surface area contributed by atoms with Gasteiger partial charge in [0.1, 0.15) is 5.75 Å².